The summed E-state index contributed by atoms with van der Waals surface area (Å²) < 4.78 is 40.5. The molecule has 0 aliphatic heterocycles. The molecule has 0 saturated heterocycles. The molecule has 0 radical (unpaired) electrons. The molecule has 0 spiro atoms. The van der Waals surface area contributed by atoms with E-state index in [0.717, 1.165) is 11.1 Å². The summed E-state index contributed by atoms with van der Waals surface area (Å²) in [5.41, 5.74) is 2.50. The highest BCUT2D eigenvalue weighted by atomic mass is 19.4. The van der Waals surface area contributed by atoms with Crippen LogP contribution in [0, 0.1) is 0 Å². The van der Waals surface area contributed by atoms with Crippen LogP contribution in [0.15, 0.2) is 48.5 Å². The molecule has 0 heterocycles. The second-order valence-corrected chi connectivity index (χ2v) is 4.69. The van der Waals surface area contributed by atoms with Gasteiger partial charge in [-0.05, 0) is 28.8 Å². The summed E-state index contributed by atoms with van der Waals surface area (Å²) in [6, 6.07) is 13.2. The third-order valence-electron chi connectivity index (χ3n) is 2.95. The van der Waals surface area contributed by atoms with Crippen molar-refractivity contribution in [1.82, 2.24) is 0 Å². The molecule has 0 amide bonds. The molecule has 1 N–H and O–H groups in total. The van der Waals surface area contributed by atoms with Gasteiger partial charge in [0.15, 0.2) is 0 Å². The molecule has 0 atom stereocenters. The largest absolute Gasteiger partial charge is 0.478 e. The van der Waals surface area contributed by atoms with Gasteiger partial charge in [-0.15, -0.1) is 0 Å². The van der Waals surface area contributed by atoms with E-state index in [9.17, 15) is 18.0 Å². The Morgan fingerprint density at radius 3 is 1.91 bits per heavy atom. The molecule has 22 heavy (non-hydrogen) atoms. The number of ether oxygens (including phenoxy) is 1. The number of hydrogen-bond donors (Lipinski definition) is 1. The Morgan fingerprint density at radius 2 is 1.45 bits per heavy atom. The first-order chi connectivity index (χ1) is 10.3. The average Bonchev–Trinajstić information content (AvgIpc) is 2.47. The Hall–Kier alpha value is -2.34. The molecule has 0 aromatic heterocycles. The van der Waals surface area contributed by atoms with E-state index in [0.29, 0.717) is 5.56 Å². The molecule has 2 rings (SSSR count). The number of benzene rings is 2. The minimum atomic E-state index is -4.33. The highest BCUT2D eigenvalue weighted by Crippen LogP contribution is 2.21. The highest BCUT2D eigenvalue weighted by molar-refractivity contribution is 5.88. The second kappa shape index (κ2) is 6.62. The first-order valence-corrected chi connectivity index (χ1v) is 6.42. The van der Waals surface area contributed by atoms with Crippen LogP contribution in [0.4, 0.5) is 13.2 Å². The van der Waals surface area contributed by atoms with Gasteiger partial charge in [0.2, 0.25) is 0 Å². The summed E-state index contributed by atoms with van der Waals surface area (Å²) >= 11 is 0. The van der Waals surface area contributed by atoms with Crippen molar-refractivity contribution in [3.05, 3.63) is 59.7 Å². The SMILES string of the molecule is O=C(O)c1ccc(-c2ccc(COCC(F)(F)F)cc2)cc1. The van der Waals surface area contributed by atoms with Crippen LogP contribution in [0.3, 0.4) is 0 Å². The van der Waals surface area contributed by atoms with Crippen molar-refractivity contribution >= 4 is 5.97 Å². The predicted molar refractivity (Wildman–Crippen MR) is 74.5 cm³/mol. The van der Waals surface area contributed by atoms with Gasteiger partial charge in [0, 0.05) is 0 Å². The molecule has 2 aromatic rings. The molecule has 0 bridgehead atoms. The minimum absolute atomic E-state index is 0.113. The Labute approximate surface area is 125 Å². The summed E-state index contributed by atoms with van der Waals surface area (Å²) in [6.07, 6.45) is -4.33. The van der Waals surface area contributed by atoms with Crippen LogP contribution in [0.25, 0.3) is 11.1 Å². The predicted octanol–water partition coefficient (Wildman–Crippen LogP) is 4.13. The molecule has 0 unspecified atom stereocenters. The van der Waals surface area contributed by atoms with Gasteiger partial charge < -0.3 is 9.84 Å². The molecule has 0 aliphatic rings. The fourth-order valence-corrected chi connectivity index (χ4v) is 1.88. The van der Waals surface area contributed by atoms with Crippen molar-refractivity contribution < 1.29 is 27.8 Å². The Morgan fingerprint density at radius 1 is 0.955 bits per heavy atom. The molecule has 6 heteroatoms. The van der Waals surface area contributed by atoms with E-state index in [-0.39, 0.29) is 12.2 Å². The molecular formula is C16H13F3O3. The van der Waals surface area contributed by atoms with Crippen LogP contribution >= 0.6 is 0 Å². The van der Waals surface area contributed by atoms with Gasteiger partial charge in [-0.25, -0.2) is 4.79 Å². The summed E-state index contributed by atoms with van der Waals surface area (Å²) in [7, 11) is 0. The lowest BCUT2D eigenvalue weighted by Gasteiger charge is -2.08. The number of carboxylic acids is 1. The van der Waals surface area contributed by atoms with Crippen LogP contribution in [0.1, 0.15) is 15.9 Å². The van der Waals surface area contributed by atoms with Crippen molar-refractivity contribution in [3.63, 3.8) is 0 Å². The zero-order valence-electron chi connectivity index (χ0n) is 11.4. The molecule has 116 valence electrons. The normalized spacial score (nSPS) is 11.4. The monoisotopic (exact) mass is 310 g/mol. The number of alkyl halides is 3. The van der Waals surface area contributed by atoms with E-state index >= 15 is 0 Å². The van der Waals surface area contributed by atoms with Gasteiger partial charge in [-0.1, -0.05) is 36.4 Å². The van der Waals surface area contributed by atoms with E-state index in [1.807, 2.05) is 0 Å². The minimum Gasteiger partial charge on any atom is -0.478 e. The lowest BCUT2D eigenvalue weighted by molar-refractivity contribution is -0.176. The standard InChI is InChI=1S/C16H13F3O3/c17-16(18,19)10-22-9-11-1-3-12(4-2-11)13-5-7-14(8-6-13)15(20)21/h1-8H,9-10H2,(H,20,21). The first-order valence-electron chi connectivity index (χ1n) is 6.42. The van der Waals surface area contributed by atoms with E-state index in [1.165, 1.54) is 12.1 Å². The van der Waals surface area contributed by atoms with Crippen LogP contribution < -0.4 is 0 Å². The Bertz CT molecular complexity index is 631. The van der Waals surface area contributed by atoms with Crippen molar-refractivity contribution in [2.75, 3.05) is 6.61 Å². The van der Waals surface area contributed by atoms with Gasteiger partial charge in [0.1, 0.15) is 6.61 Å². The number of carboxylic acid groups (broad SMARTS) is 1. The van der Waals surface area contributed by atoms with Crippen molar-refractivity contribution in [3.8, 4) is 11.1 Å². The molecule has 3 nitrogen and oxygen atoms in total. The molecule has 0 aliphatic carbocycles. The van der Waals surface area contributed by atoms with Crippen LogP contribution in [-0.4, -0.2) is 23.9 Å². The molecule has 2 aromatic carbocycles. The smallest absolute Gasteiger partial charge is 0.411 e. The van der Waals surface area contributed by atoms with Gasteiger partial charge >= 0.3 is 12.1 Å². The fourth-order valence-electron chi connectivity index (χ4n) is 1.88. The van der Waals surface area contributed by atoms with Gasteiger partial charge in [-0.2, -0.15) is 13.2 Å². The lowest BCUT2D eigenvalue weighted by Crippen LogP contribution is -2.16. The maximum absolute atomic E-state index is 12.0. The lowest BCUT2D eigenvalue weighted by atomic mass is 10.0. The zero-order valence-corrected chi connectivity index (χ0v) is 11.4. The number of hydrogen-bond acceptors (Lipinski definition) is 2. The second-order valence-electron chi connectivity index (χ2n) is 4.69. The van der Waals surface area contributed by atoms with E-state index in [2.05, 4.69) is 4.74 Å². The summed E-state index contributed by atoms with van der Waals surface area (Å²) in [5, 5.41) is 8.83. The topological polar surface area (TPSA) is 46.5 Å². The van der Waals surface area contributed by atoms with Gasteiger partial charge in [0.05, 0.1) is 12.2 Å². The Balaban J connectivity index is 2.00. The first kappa shape index (κ1) is 16.0. The molecule has 0 saturated carbocycles. The van der Waals surface area contributed by atoms with Crippen LogP contribution in [-0.2, 0) is 11.3 Å². The van der Waals surface area contributed by atoms with Crippen molar-refractivity contribution in [2.24, 2.45) is 0 Å². The van der Waals surface area contributed by atoms with Crippen molar-refractivity contribution in [2.45, 2.75) is 12.8 Å². The fraction of sp³-hybridized carbons (Fsp3) is 0.188. The van der Waals surface area contributed by atoms with Gasteiger partial charge in [-0.3, -0.25) is 0 Å². The summed E-state index contributed by atoms with van der Waals surface area (Å²) in [4.78, 5) is 10.8. The van der Waals surface area contributed by atoms with E-state index < -0.39 is 18.8 Å². The number of aromatic carboxylic acids is 1. The third-order valence-corrected chi connectivity index (χ3v) is 2.95. The Kier molecular flexibility index (Phi) is 4.82. The third kappa shape index (κ3) is 4.60. The molecule has 0 fully saturated rings. The maximum Gasteiger partial charge on any atom is 0.411 e. The van der Waals surface area contributed by atoms with Crippen molar-refractivity contribution in [1.29, 1.82) is 0 Å². The number of halogens is 3. The summed E-state index contributed by atoms with van der Waals surface area (Å²) in [5.74, 6) is -0.997. The summed E-state index contributed by atoms with van der Waals surface area (Å²) in [6.45, 7) is -1.39. The molecular weight excluding hydrogens is 297 g/mol. The maximum atomic E-state index is 12.0. The quantitative estimate of drug-likeness (QED) is 0.903. The van der Waals surface area contributed by atoms with Crippen LogP contribution in [0.5, 0.6) is 0 Å². The van der Waals surface area contributed by atoms with Crippen LogP contribution in [0.2, 0.25) is 0 Å². The number of carbonyl (C=O) groups is 1. The van der Waals surface area contributed by atoms with E-state index in [1.54, 1.807) is 36.4 Å². The average molecular weight is 310 g/mol. The number of rotatable bonds is 5. The highest BCUT2D eigenvalue weighted by Gasteiger charge is 2.27. The van der Waals surface area contributed by atoms with E-state index in [4.69, 9.17) is 5.11 Å². The van der Waals surface area contributed by atoms with Gasteiger partial charge in [0.25, 0.3) is 0 Å². The zero-order chi connectivity index (χ0) is 16.2.